The third-order valence-electron chi connectivity index (χ3n) is 3.41. The average Bonchev–Trinajstić information content (AvgIpc) is 2.81. The number of nitrogens with zero attached hydrogens (tertiary/aromatic N) is 4. The van der Waals surface area contributed by atoms with Crippen LogP contribution < -0.4 is 5.32 Å². The summed E-state index contributed by atoms with van der Waals surface area (Å²) in [5, 5.41) is 7.67. The molecule has 0 saturated heterocycles. The smallest absolute Gasteiger partial charge is 0.140 e. The fraction of sp³-hybridized carbons (Fsp3) is 0.857. The van der Waals surface area contributed by atoms with Crippen molar-refractivity contribution in [2.75, 3.05) is 20.1 Å². The fourth-order valence-electron chi connectivity index (χ4n) is 1.89. The van der Waals surface area contributed by atoms with E-state index in [9.17, 15) is 0 Å². The molecular formula is C14H29N5. The van der Waals surface area contributed by atoms with Crippen molar-refractivity contribution in [3.8, 4) is 0 Å². The molecule has 19 heavy (non-hydrogen) atoms. The number of aromatic nitrogens is 3. The van der Waals surface area contributed by atoms with Crippen LogP contribution in [-0.2, 0) is 13.1 Å². The van der Waals surface area contributed by atoms with Crippen molar-refractivity contribution in [1.29, 1.82) is 0 Å². The van der Waals surface area contributed by atoms with E-state index in [0.29, 0.717) is 6.04 Å². The second-order valence-electron chi connectivity index (χ2n) is 5.36. The lowest BCUT2D eigenvalue weighted by molar-refractivity contribution is 0.268. The molecule has 5 nitrogen and oxygen atoms in total. The first-order valence-electron chi connectivity index (χ1n) is 7.42. The molecule has 0 atom stereocenters. The molecule has 0 radical (unpaired) electrons. The van der Waals surface area contributed by atoms with E-state index in [1.807, 2.05) is 4.68 Å². The first-order chi connectivity index (χ1) is 9.15. The quantitative estimate of drug-likeness (QED) is 0.658. The summed E-state index contributed by atoms with van der Waals surface area (Å²) in [6.07, 6.45) is 5.18. The number of unbranched alkanes of at least 4 members (excludes halogenated alkanes) is 1. The number of rotatable bonds is 10. The highest BCUT2D eigenvalue weighted by Crippen LogP contribution is 1.98. The molecule has 0 aromatic carbocycles. The maximum atomic E-state index is 4.29. The molecule has 1 aromatic rings. The van der Waals surface area contributed by atoms with Crippen LogP contribution in [0.5, 0.6) is 0 Å². The predicted octanol–water partition coefficient (Wildman–Crippen LogP) is 1.90. The van der Waals surface area contributed by atoms with E-state index in [-0.39, 0.29) is 0 Å². The van der Waals surface area contributed by atoms with Gasteiger partial charge in [-0.15, -0.1) is 0 Å². The van der Waals surface area contributed by atoms with Crippen molar-refractivity contribution < 1.29 is 0 Å². The van der Waals surface area contributed by atoms with Crippen LogP contribution in [0, 0.1) is 0 Å². The van der Waals surface area contributed by atoms with Gasteiger partial charge >= 0.3 is 0 Å². The van der Waals surface area contributed by atoms with Crippen LogP contribution in [0.4, 0.5) is 0 Å². The molecule has 110 valence electrons. The number of hydrogen-bond acceptors (Lipinski definition) is 4. The van der Waals surface area contributed by atoms with Gasteiger partial charge in [-0.05, 0) is 53.2 Å². The summed E-state index contributed by atoms with van der Waals surface area (Å²) in [7, 11) is 2.19. The van der Waals surface area contributed by atoms with E-state index in [4.69, 9.17) is 0 Å². The second-order valence-corrected chi connectivity index (χ2v) is 5.36. The minimum atomic E-state index is 0.639. The molecule has 0 aliphatic rings. The standard InChI is InChI=1S/C14H29N5/c1-5-9-19-14(16-12-17-19)11-15-8-6-7-10-18(4)13(2)3/h12-13,15H,5-11H2,1-4H3. The Kier molecular flexibility index (Phi) is 7.67. The molecule has 0 fully saturated rings. The molecule has 0 aliphatic carbocycles. The van der Waals surface area contributed by atoms with Gasteiger partial charge in [0.05, 0.1) is 6.54 Å². The third kappa shape index (κ3) is 6.16. The molecule has 0 aliphatic heterocycles. The van der Waals surface area contributed by atoms with Crippen LogP contribution in [0.15, 0.2) is 6.33 Å². The summed E-state index contributed by atoms with van der Waals surface area (Å²) < 4.78 is 1.99. The first kappa shape index (κ1) is 16.1. The van der Waals surface area contributed by atoms with Gasteiger partial charge in [-0.2, -0.15) is 5.10 Å². The van der Waals surface area contributed by atoms with Crippen molar-refractivity contribution in [3.63, 3.8) is 0 Å². The normalized spacial score (nSPS) is 11.7. The third-order valence-corrected chi connectivity index (χ3v) is 3.41. The molecule has 0 amide bonds. The summed E-state index contributed by atoms with van der Waals surface area (Å²) in [5.74, 6) is 1.04. The molecule has 1 rings (SSSR count). The summed E-state index contributed by atoms with van der Waals surface area (Å²) in [5.41, 5.74) is 0. The predicted molar refractivity (Wildman–Crippen MR) is 79.0 cm³/mol. The lowest BCUT2D eigenvalue weighted by Crippen LogP contribution is -2.28. The monoisotopic (exact) mass is 267 g/mol. The van der Waals surface area contributed by atoms with Crippen LogP contribution in [-0.4, -0.2) is 45.8 Å². The van der Waals surface area contributed by atoms with Gasteiger partial charge in [-0.1, -0.05) is 6.92 Å². The molecule has 1 aromatic heterocycles. The van der Waals surface area contributed by atoms with E-state index in [1.165, 1.54) is 19.4 Å². The molecule has 0 bridgehead atoms. The van der Waals surface area contributed by atoms with Crippen LogP contribution in [0.3, 0.4) is 0 Å². The Morgan fingerprint density at radius 3 is 2.84 bits per heavy atom. The number of nitrogens with one attached hydrogen (secondary N) is 1. The van der Waals surface area contributed by atoms with Gasteiger partial charge in [-0.3, -0.25) is 0 Å². The Morgan fingerprint density at radius 1 is 1.37 bits per heavy atom. The van der Waals surface area contributed by atoms with E-state index in [1.54, 1.807) is 6.33 Å². The summed E-state index contributed by atoms with van der Waals surface area (Å²) in [6.45, 7) is 10.6. The van der Waals surface area contributed by atoms with Crippen LogP contribution in [0.1, 0.15) is 45.9 Å². The Morgan fingerprint density at radius 2 is 2.16 bits per heavy atom. The van der Waals surface area contributed by atoms with Crippen LogP contribution >= 0.6 is 0 Å². The maximum Gasteiger partial charge on any atom is 0.140 e. The highest BCUT2D eigenvalue weighted by Gasteiger charge is 2.03. The largest absolute Gasteiger partial charge is 0.310 e. The highest BCUT2D eigenvalue weighted by atomic mass is 15.3. The van der Waals surface area contributed by atoms with Gasteiger partial charge in [0.1, 0.15) is 12.2 Å². The zero-order valence-electron chi connectivity index (χ0n) is 12.9. The summed E-state index contributed by atoms with van der Waals surface area (Å²) >= 11 is 0. The lowest BCUT2D eigenvalue weighted by atomic mass is 10.2. The Bertz CT molecular complexity index is 334. The molecule has 0 saturated carbocycles. The van der Waals surface area contributed by atoms with E-state index in [0.717, 1.165) is 31.9 Å². The molecular weight excluding hydrogens is 238 g/mol. The van der Waals surface area contributed by atoms with Gasteiger partial charge in [-0.25, -0.2) is 9.67 Å². The van der Waals surface area contributed by atoms with Crippen molar-refractivity contribution in [2.45, 2.75) is 59.2 Å². The van der Waals surface area contributed by atoms with Crippen molar-refractivity contribution >= 4 is 0 Å². The van der Waals surface area contributed by atoms with E-state index in [2.05, 4.69) is 48.1 Å². The highest BCUT2D eigenvalue weighted by molar-refractivity contribution is 4.83. The van der Waals surface area contributed by atoms with Gasteiger partial charge in [0, 0.05) is 12.6 Å². The molecule has 1 heterocycles. The molecule has 1 N–H and O–H groups in total. The van der Waals surface area contributed by atoms with Crippen LogP contribution in [0.2, 0.25) is 0 Å². The first-order valence-corrected chi connectivity index (χ1v) is 7.42. The van der Waals surface area contributed by atoms with Crippen LogP contribution in [0.25, 0.3) is 0 Å². The minimum absolute atomic E-state index is 0.639. The maximum absolute atomic E-state index is 4.29. The SMILES string of the molecule is CCCn1ncnc1CNCCCCN(C)C(C)C. The summed E-state index contributed by atoms with van der Waals surface area (Å²) in [6, 6.07) is 0.639. The Balaban J connectivity index is 2.09. The molecule has 0 spiro atoms. The Hall–Kier alpha value is -0.940. The number of hydrogen-bond donors (Lipinski definition) is 1. The van der Waals surface area contributed by atoms with Crippen molar-refractivity contribution in [3.05, 3.63) is 12.2 Å². The second kappa shape index (κ2) is 9.04. The zero-order valence-corrected chi connectivity index (χ0v) is 12.9. The van der Waals surface area contributed by atoms with Gasteiger partial charge in [0.15, 0.2) is 0 Å². The van der Waals surface area contributed by atoms with E-state index >= 15 is 0 Å². The fourth-order valence-corrected chi connectivity index (χ4v) is 1.89. The van der Waals surface area contributed by atoms with Crippen molar-refractivity contribution in [2.24, 2.45) is 0 Å². The van der Waals surface area contributed by atoms with Gasteiger partial charge in [0.25, 0.3) is 0 Å². The molecule has 0 unspecified atom stereocenters. The van der Waals surface area contributed by atoms with Gasteiger partial charge < -0.3 is 10.2 Å². The Labute approximate surface area is 117 Å². The minimum Gasteiger partial charge on any atom is -0.310 e. The van der Waals surface area contributed by atoms with Crippen molar-refractivity contribution in [1.82, 2.24) is 25.0 Å². The zero-order chi connectivity index (χ0) is 14.1. The summed E-state index contributed by atoms with van der Waals surface area (Å²) in [4.78, 5) is 6.67. The van der Waals surface area contributed by atoms with Gasteiger partial charge in [0.2, 0.25) is 0 Å². The van der Waals surface area contributed by atoms with E-state index < -0.39 is 0 Å². The average molecular weight is 267 g/mol. The topological polar surface area (TPSA) is 46.0 Å². The molecule has 5 heteroatoms. The number of aryl methyl sites for hydroxylation is 1. The lowest BCUT2D eigenvalue weighted by Gasteiger charge is -2.20.